The Hall–Kier alpha value is -1.49. The van der Waals surface area contributed by atoms with E-state index in [1.165, 1.54) is 28.7 Å². The Bertz CT molecular complexity index is 712. The first-order valence-electron chi connectivity index (χ1n) is 5.91. The average Bonchev–Trinajstić information content (AvgIpc) is 2.89. The monoisotopic (exact) mass is 244 g/mol. The summed E-state index contributed by atoms with van der Waals surface area (Å²) in [6, 6.07) is 0. The summed E-state index contributed by atoms with van der Waals surface area (Å²) in [5.74, 6) is 0.796. The average molecular weight is 244 g/mol. The molecule has 0 aromatic carbocycles. The van der Waals surface area contributed by atoms with Crippen LogP contribution in [-0.2, 0) is 12.8 Å². The van der Waals surface area contributed by atoms with E-state index in [4.69, 9.17) is 0 Å². The molecule has 3 heterocycles. The maximum Gasteiger partial charge on any atom is 0.167 e. The second-order valence-electron chi connectivity index (χ2n) is 4.80. The minimum atomic E-state index is 0.796. The molecule has 17 heavy (non-hydrogen) atoms. The molecule has 0 spiro atoms. The molecule has 0 amide bonds. The summed E-state index contributed by atoms with van der Waals surface area (Å²) >= 11 is 1.83. The Balaban J connectivity index is 2.12. The highest BCUT2D eigenvalue weighted by Crippen LogP contribution is 2.38. The Morgan fingerprint density at radius 3 is 3.29 bits per heavy atom. The quantitative estimate of drug-likeness (QED) is 0.610. The molecule has 0 N–H and O–H groups in total. The van der Waals surface area contributed by atoms with Crippen molar-refractivity contribution < 1.29 is 0 Å². The van der Waals surface area contributed by atoms with E-state index in [0.29, 0.717) is 0 Å². The molecular formula is C12H12N4S. The predicted octanol–water partition coefficient (Wildman–Crippen LogP) is 2.46. The molecule has 0 fully saturated rings. The van der Waals surface area contributed by atoms with Crippen LogP contribution in [0.25, 0.3) is 15.9 Å². The minimum Gasteiger partial charge on any atom is -0.225 e. The zero-order valence-corrected chi connectivity index (χ0v) is 10.4. The maximum absolute atomic E-state index is 4.49. The molecule has 0 aliphatic heterocycles. The summed E-state index contributed by atoms with van der Waals surface area (Å²) in [6.07, 6.45) is 6.98. The second kappa shape index (κ2) is 3.26. The highest BCUT2D eigenvalue weighted by molar-refractivity contribution is 7.19. The fraction of sp³-hybridized carbons (Fsp3) is 0.417. The SMILES string of the molecule is C[C@H]1CCc2c(sc3ncn4ncnc4c23)C1. The summed E-state index contributed by atoms with van der Waals surface area (Å²) in [6.45, 7) is 2.33. The molecular weight excluding hydrogens is 232 g/mol. The molecule has 0 radical (unpaired) electrons. The predicted molar refractivity (Wildman–Crippen MR) is 67.4 cm³/mol. The summed E-state index contributed by atoms with van der Waals surface area (Å²) in [4.78, 5) is 11.5. The van der Waals surface area contributed by atoms with Crippen LogP contribution in [0.4, 0.5) is 0 Å². The van der Waals surface area contributed by atoms with Crippen LogP contribution in [0.5, 0.6) is 0 Å². The van der Waals surface area contributed by atoms with E-state index in [9.17, 15) is 0 Å². The van der Waals surface area contributed by atoms with Gasteiger partial charge in [0.1, 0.15) is 17.5 Å². The summed E-state index contributed by atoms with van der Waals surface area (Å²) in [7, 11) is 0. The number of rotatable bonds is 0. The lowest BCUT2D eigenvalue weighted by Gasteiger charge is -2.17. The van der Waals surface area contributed by atoms with E-state index in [2.05, 4.69) is 22.0 Å². The molecule has 3 aromatic rings. The van der Waals surface area contributed by atoms with Gasteiger partial charge in [0.05, 0.1) is 5.39 Å². The van der Waals surface area contributed by atoms with Crippen molar-refractivity contribution in [2.75, 3.05) is 0 Å². The van der Waals surface area contributed by atoms with E-state index in [-0.39, 0.29) is 0 Å². The molecule has 0 unspecified atom stereocenters. The van der Waals surface area contributed by atoms with Crippen LogP contribution < -0.4 is 0 Å². The van der Waals surface area contributed by atoms with Gasteiger partial charge in [-0.25, -0.2) is 14.5 Å². The summed E-state index contributed by atoms with van der Waals surface area (Å²) in [5, 5.41) is 5.39. The van der Waals surface area contributed by atoms with Gasteiger partial charge in [0.25, 0.3) is 0 Å². The van der Waals surface area contributed by atoms with Crippen LogP contribution in [-0.4, -0.2) is 19.6 Å². The largest absolute Gasteiger partial charge is 0.225 e. The van der Waals surface area contributed by atoms with Gasteiger partial charge in [-0.05, 0) is 30.7 Å². The minimum absolute atomic E-state index is 0.796. The van der Waals surface area contributed by atoms with E-state index in [1.54, 1.807) is 17.2 Å². The van der Waals surface area contributed by atoms with E-state index in [1.807, 2.05) is 11.3 Å². The van der Waals surface area contributed by atoms with Crippen LogP contribution >= 0.6 is 11.3 Å². The van der Waals surface area contributed by atoms with Crippen molar-refractivity contribution in [1.29, 1.82) is 0 Å². The molecule has 4 nitrogen and oxygen atoms in total. The van der Waals surface area contributed by atoms with Crippen LogP contribution in [0.3, 0.4) is 0 Å². The standard InChI is InChI=1S/C12H12N4S/c1-7-2-3-8-9(4-7)17-12-10(8)11-13-5-15-16(11)6-14-12/h5-7H,2-4H2,1H3/t7-/m0/s1. The zero-order valence-electron chi connectivity index (χ0n) is 9.55. The third kappa shape index (κ3) is 1.26. The van der Waals surface area contributed by atoms with Gasteiger partial charge < -0.3 is 0 Å². The van der Waals surface area contributed by atoms with Crippen LogP contribution in [0.15, 0.2) is 12.7 Å². The van der Waals surface area contributed by atoms with Crippen LogP contribution in [0.2, 0.25) is 0 Å². The second-order valence-corrected chi connectivity index (χ2v) is 5.89. The van der Waals surface area contributed by atoms with Crippen molar-refractivity contribution in [3.63, 3.8) is 0 Å². The van der Waals surface area contributed by atoms with Crippen molar-refractivity contribution in [3.05, 3.63) is 23.1 Å². The van der Waals surface area contributed by atoms with Crippen molar-refractivity contribution in [3.8, 4) is 0 Å². The van der Waals surface area contributed by atoms with Gasteiger partial charge in [-0.3, -0.25) is 0 Å². The number of aryl methyl sites for hydroxylation is 1. The topological polar surface area (TPSA) is 43.1 Å². The maximum atomic E-state index is 4.49. The summed E-state index contributed by atoms with van der Waals surface area (Å²) in [5.41, 5.74) is 2.43. The molecule has 5 heteroatoms. The molecule has 4 rings (SSSR count). The van der Waals surface area contributed by atoms with E-state index >= 15 is 0 Å². The number of thiophene rings is 1. The molecule has 1 aliphatic rings. The van der Waals surface area contributed by atoms with Crippen molar-refractivity contribution in [2.45, 2.75) is 26.2 Å². The third-order valence-corrected chi connectivity index (χ3v) is 4.74. The number of nitrogens with zero attached hydrogens (tertiary/aromatic N) is 4. The van der Waals surface area contributed by atoms with Crippen LogP contribution in [0.1, 0.15) is 23.8 Å². The zero-order chi connectivity index (χ0) is 11.4. The highest BCUT2D eigenvalue weighted by Gasteiger charge is 2.22. The Kier molecular flexibility index (Phi) is 1.83. The number of fused-ring (bicyclic) bond motifs is 5. The molecule has 0 bridgehead atoms. The lowest BCUT2D eigenvalue weighted by molar-refractivity contribution is 0.509. The molecule has 1 atom stereocenters. The fourth-order valence-electron chi connectivity index (χ4n) is 2.68. The molecule has 0 saturated heterocycles. The third-order valence-electron chi connectivity index (χ3n) is 3.57. The van der Waals surface area contributed by atoms with Crippen molar-refractivity contribution in [2.24, 2.45) is 5.92 Å². The van der Waals surface area contributed by atoms with Crippen molar-refractivity contribution >= 4 is 27.2 Å². The van der Waals surface area contributed by atoms with E-state index < -0.39 is 0 Å². The first kappa shape index (κ1) is 9.53. The lowest BCUT2D eigenvalue weighted by atomic mass is 9.89. The Morgan fingerprint density at radius 1 is 1.41 bits per heavy atom. The summed E-state index contributed by atoms with van der Waals surface area (Å²) < 4.78 is 1.77. The lowest BCUT2D eigenvalue weighted by Crippen LogP contribution is -2.08. The van der Waals surface area contributed by atoms with Gasteiger partial charge in [0, 0.05) is 4.88 Å². The van der Waals surface area contributed by atoms with E-state index in [0.717, 1.165) is 22.8 Å². The molecule has 0 saturated carbocycles. The Labute approximate surface area is 102 Å². The molecule has 1 aliphatic carbocycles. The van der Waals surface area contributed by atoms with Gasteiger partial charge in [-0.1, -0.05) is 6.92 Å². The number of hydrogen-bond acceptors (Lipinski definition) is 4. The Morgan fingerprint density at radius 2 is 2.35 bits per heavy atom. The van der Waals surface area contributed by atoms with Crippen LogP contribution in [0, 0.1) is 5.92 Å². The van der Waals surface area contributed by atoms with Crippen molar-refractivity contribution in [1.82, 2.24) is 19.6 Å². The highest BCUT2D eigenvalue weighted by atomic mass is 32.1. The molecule has 86 valence electrons. The van der Waals surface area contributed by atoms with Gasteiger partial charge in [-0.2, -0.15) is 5.10 Å². The normalized spacial score (nSPS) is 19.9. The molecule has 3 aromatic heterocycles. The van der Waals surface area contributed by atoms with Gasteiger partial charge in [0.15, 0.2) is 5.65 Å². The number of hydrogen-bond donors (Lipinski definition) is 0. The van der Waals surface area contributed by atoms with Gasteiger partial charge in [0.2, 0.25) is 0 Å². The smallest absolute Gasteiger partial charge is 0.167 e. The van der Waals surface area contributed by atoms with Gasteiger partial charge >= 0.3 is 0 Å². The fourth-order valence-corrected chi connectivity index (χ4v) is 4.02. The first-order chi connectivity index (χ1) is 8.33. The van der Waals surface area contributed by atoms with Gasteiger partial charge in [-0.15, -0.1) is 11.3 Å². The first-order valence-corrected chi connectivity index (χ1v) is 6.73. The number of aromatic nitrogens is 4.